The lowest BCUT2D eigenvalue weighted by molar-refractivity contribution is -0.129. The van der Waals surface area contributed by atoms with Gasteiger partial charge in [-0.1, -0.05) is 56.3 Å². The third kappa shape index (κ3) is 4.48. The van der Waals surface area contributed by atoms with Crippen molar-refractivity contribution in [3.63, 3.8) is 0 Å². The molecule has 2 aromatic carbocycles. The summed E-state index contributed by atoms with van der Waals surface area (Å²) in [7, 11) is 0. The second kappa shape index (κ2) is 8.25. The molecule has 0 spiro atoms. The highest BCUT2D eigenvalue weighted by Crippen LogP contribution is 2.33. The van der Waals surface area contributed by atoms with Crippen molar-refractivity contribution < 1.29 is 14.3 Å². The Labute approximate surface area is 160 Å². The van der Waals surface area contributed by atoms with Gasteiger partial charge in [0.05, 0.1) is 18.3 Å². The van der Waals surface area contributed by atoms with Crippen LogP contribution in [0, 0.1) is 5.92 Å². The Morgan fingerprint density at radius 2 is 1.78 bits per heavy atom. The molecule has 27 heavy (non-hydrogen) atoms. The minimum absolute atomic E-state index is 0.0924. The van der Waals surface area contributed by atoms with Gasteiger partial charge in [0.25, 0.3) is 5.91 Å². The highest BCUT2D eigenvalue weighted by Gasteiger charge is 2.33. The quantitative estimate of drug-likeness (QED) is 0.878. The molecule has 1 aliphatic heterocycles. The Hall–Kier alpha value is -2.82. The fraction of sp³-hybridized carbons (Fsp3) is 0.364. The van der Waals surface area contributed by atoms with Crippen molar-refractivity contribution in [2.45, 2.75) is 39.3 Å². The van der Waals surface area contributed by atoms with Gasteiger partial charge in [-0.3, -0.25) is 9.59 Å². The maximum Gasteiger partial charge on any atom is 0.263 e. The number of carbonyl (C=O) groups is 2. The number of anilines is 1. The first kappa shape index (κ1) is 19.0. The number of carbonyl (C=O) groups excluding carboxylic acids is 2. The molecule has 0 saturated heterocycles. The van der Waals surface area contributed by atoms with E-state index in [4.69, 9.17) is 4.74 Å². The minimum atomic E-state index is -0.734. The third-order valence-electron chi connectivity index (χ3n) is 4.67. The van der Waals surface area contributed by atoms with E-state index in [1.165, 1.54) is 6.92 Å². The Kier molecular flexibility index (Phi) is 5.79. The van der Waals surface area contributed by atoms with Crippen molar-refractivity contribution in [1.29, 1.82) is 0 Å². The molecule has 142 valence electrons. The van der Waals surface area contributed by atoms with E-state index in [0.717, 1.165) is 12.0 Å². The van der Waals surface area contributed by atoms with Crippen LogP contribution in [0.1, 0.15) is 38.8 Å². The van der Waals surface area contributed by atoms with Gasteiger partial charge in [0.15, 0.2) is 6.10 Å². The second-order valence-corrected chi connectivity index (χ2v) is 7.31. The second-order valence-electron chi connectivity index (χ2n) is 7.31. The summed E-state index contributed by atoms with van der Waals surface area (Å²) in [5.41, 5.74) is 1.77. The van der Waals surface area contributed by atoms with E-state index in [1.807, 2.05) is 48.5 Å². The van der Waals surface area contributed by atoms with Crippen LogP contribution in [0.5, 0.6) is 5.75 Å². The number of ether oxygens (including phenoxy) is 1. The molecule has 2 amide bonds. The van der Waals surface area contributed by atoms with Crippen LogP contribution in [0.2, 0.25) is 0 Å². The highest BCUT2D eigenvalue weighted by atomic mass is 16.5. The predicted octanol–water partition coefficient (Wildman–Crippen LogP) is 3.70. The summed E-state index contributed by atoms with van der Waals surface area (Å²) in [6.07, 6.45) is 0.0948. The normalized spacial score (nSPS) is 17.0. The van der Waals surface area contributed by atoms with Crippen molar-refractivity contribution >= 4 is 17.5 Å². The average Bonchev–Trinajstić information content (AvgIpc) is 2.66. The molecule has 0 fully saturated rings. The Morgan fingerprint density at radius 3 is 2.44 bits per heavy atom. The average molecular weight is 366 g/mol. The molecule has 5 nitrogen and oxygen atoms in total. The maximum absolute atomic E-state index is 13.0. The number of hydrogen-bond donors (Lipinski definition) is 1. The minimum Gasteiger partial charge on any atom is -0.477 e. The largest absolute Gasteiger partial charge is 0.477 e. The van der Waals surface area contributed by atoms with Crippen LogP contribution in [0.3, 0.4) is 0 Å². The van der Waals surface area contributed by atoms with Gasteiger partial charge in [-0.25, -0.2) is 0 Å². The summed E-state index contributed by atoms with van der Waals surface area (Å²) >= 11 is 0. The smallest absolute Gasteiger partial charge is 0.263 e. The fourth-order valence-corrected chi connectivity index (χ4v) is 3.37. The molecule has 1 aliphatic rings. The molecule has 1 heterocycles. The summed E-state index contributed by atoms with van der Waals surface area (Å²) in [6.45, 7) is 5.98. The number of nitrogens with zero attached hydrogens (tertiary/aromatic N) is 1. The zero-order valence-corrected chi connectivity index (χ0v) is 16.0. The van der Waals surface area contributed by atoms with Crippen LogP contribution in [0.25, 0.3) is 0 Å². The maximum atomic E-state index is 13.0. The van der Waals surface area contributed by atoms with Gasteiger partial charge in [-0.15, -0.1) is 0 Å². The molecular formula is C22H26N2O3. The van der Waals surface area contributed by atoms with Crippen molar-refractivity contribution in [3.05, 3.63) is 60.2 Å². The first-order chi connectivity index (χ1) is 13.0. The van der Waals surface area contributed by atoms with Crippen LogP contribution in [0.4, 0.5) is 5.69 Å². The van der Waals surface area contributed by atoms with Crippen LogP contribution >= 0.6 is 0 Å². The molecule has 0 aromatic heterocycles. The molecule has 2 aromatic rings. The number of hydrogen-bond acceptors (Lipinski definition) is 3. The molecule has 0 saturated carbocycles. The van der Waals surface area contributed by atoms with E-state index in [1.54, 1.807) is 11.0 Å². The lowest BCUT2D eigenvalue weighted by Crippen LogP contribution is -2.51. The number of fused-ring (bicyclic) bond motifs is 1. The Balaban J connectivity index is 1.79. The van der Waals surface area contributed by atoms with E-state index < -0.39 is 6.10 Å². The van der Waals surface area contributed by atoms with Gasteiger partial charge in [0, 0.05) is 6.92 Å². The number of rotatable bonds is 5. The first-order valence-electron chi connectivity index (χ1n) is 9.35. The molecule has 0 radical (unpaired) electrons. The molecule has 2 unspecified atom stereocenters. The van der Waals surface area contributed by atoms with Crippen LogP contribution in [0.15, 0.2) is 54.6 Å². The SMILES string of the molecule is CC(=O)N1CC(C(=O)NC(CC(C)C)c2ccccc2)Oc2ccccc21. The van der Waals surface area contributed by atoms with E-state index in [-0.39, 0.29) is 24.4 Å². The number of amides is 2. The summed E-state index contributed by atoms with van der Waals surface area (Å²) in [4.78, 5) is 26.6. The van der Waals surface area contributed by atoms with Crippen molar-refractivity contribution in [1.82, 2.24) is 5.32 Å². The van der Waals surface area contributed by atoms with Crippen molar-refractivity contribution in [2.24, 2.45) is 5.92 Å². The zero-order chi connectivity index (χ0) is 19.4. The van der Waals surface area contributed by atoms with E-state index in [2.05, 4.69) is 19.2 Å². The first-order valence-corrected chi connectivity index (χ1v) is 9.35. The molecule has 3 rings (SSSR count). The van der Waals surface area contributed by atoms with Gasteiger partial charge in [0.1, 0.15) is 5.75 Å². The number of nitrogens with one attached hydrogen (secondary N) is 1. The van der Waals surface area contributed by atoms with E-state index in [9.17, 15) is 9.59 Å². The van der Waals surface area contributed by atoms with Gasteiger partial charge in [-0.2, -0.15) is 0 Å². The van der Waals surface area contributed by atoms with Crippen LogP contribution < -0.4 is 15.0 Å². The number of benzene rings is 2. The van der Waals surface area contributed by atoms with Crippen LogP contribution in [-0.2, 0) is 9.59 Å². The topological polar surface area (TPSA) is 58.6 Å². The summed E-state index contributed by atoms with van der Waals surface area (Å²) in [5, 5.41) is 3.12. The van der Waals surface area contributed by atoms with Gasteiger partial charge < -0.3 is 15.0 Å². The zero-order valence-electron chi connectivity index (χ0n) is 16.0. The van der Waals surface area contributed by atoms with Crippen LogP contribution in [-0.4, -0.2) is 24.5 Å². The summed E-state index contributed by atoms with van der Waals surface area (Å²) in [5.74, 6) is 0.673. The summed E-state index contributed by atoms with van der Waals surface area (Å²) < 4.78 is 5.91. The van der Waals surface area contributed by atoms with E-state index in [0.29, 0.717) is 17.4 Å². The summed E-state index contributed by atoms with van der Waals surface area (Å²) in [6, 6.07) is 17.2. The molecule has 5 heteroatoms. The van der Waals surface area contributed by atoms with Crippen molar-refractivity contribution in [2.75, 3.05) is 11.4 Å². The van der Waals surface area contributed by atoms with Gasteiger partial charge >= 0.3 is 0 Å². The van der Waals surface area contributed by atoms with Gasteiger partial charge in [-0.05, 0) is 30.0 Å². The molecule has 2 atom stereocenters. The standard InChI is InChI=1S/C22H26N2O3/c1-15(2)13-18(17-9-5-4-6-10-17)23-22(26)21-14-24(16(3)25)19-11-7-8-12-20(19)27-21/h4-12,15,18,21H,13-14H2,1-3H3,(H,23,26). The molecule has 1 N–H and O–H groups in total. The molecule has 0 aliphatic carbocycles. The molecule has 0 bridgehead atoms. The lowest BCUT2D eigenvalue weighted by Gasteiger charge is -2.34. The predicted molar refractivity (Wildman–Crippen MR) is 106 cm³/mol. The van der Waals surface area contributed by atoms with Gasteiger partial charge in [0.2, 0.25) is 5.91 Å². The Bertz CT molecular complexity index is 804. The third-order valence-corrected chi connectivity index (χ3v) is 4.67. The monoisotopic (exact) mass is 366 g/mol. The van der Waals surface area contributed by atoms with E-state index >= 15 is 0 Å². The fourth-order valence-electron chi connectivity index (χ4n) is 3.37. The molecular weight excluding hydrogens is 340 g/mol. The Morgan fingerprint density at radius 1 is 1.11 bits per heavy atom. The number of para-hydroxylation sites is 2. The lowest BCUT2D eigenvalue weighted by atomic mass is 9.96. The highest BCUT2D eigenvalue weighted by molar-refractivity contribution is 5.95. The van der Waals surface area contributed by atoms with Crippen molar-refractivity contribution in [3.8, 4) is 5.75 Å².